The number of carbonyl (C=O) groups excluding carboxylic acids is 2. The Balaban J connectivity index is 3.21. The van der Waals surface area contributed by atoms with Gasteiger partial charge in [0.2, 0.25) is 0 Å². The van der Waals surface area contributed by atoms with E-state index in [-0.39, 0.29) is 11.8 Å². The Hall–Kier alpha value is -1.60. The van der Waals surface area contributed by atoms with Gasteiger partial charge in [-0.1, -0.05) is 6.58 Å². The Labute approximate surface area is 70.7 Å². The van der Waals surface area contributed by atoms with Gasteiger partial charge in [0.25, 0.3) is 11.8 Å². The van der Waals surface area contributed by atoms with Crippen molar-refractivity contribution in [2.75, 3.05) is 7.05 Å². The summed E-state index contributed by atoms with van der Waals surface area (Å²) in [5, 5.41) is 0. The Morgan fingerprint density at radius 2 is 2.00 bits per heavy atom. The van der Waals surface area contributed by atoms with E-state index in [4.69, 9.17) is 0 Å². The third-order valence-corrected chi connectivity index (χ3v) is 1.81. The number of hydrogen-bond acceptors (Lipinski definition) is 2. The van der Waals surface area contributed by atoms with Gasteiger partial charge in [0, 0.05) is 12.6 Å². The van der Waals surface area contributed by atoms with E-state index in [2.05, 4.69) is 12.3 Å². The van der Waals surface area contributed by atoms with Crippen LogP contribution in [0.3, 0.4) is 0 Å². The van der Waals surface area contributed by atoms with E-state index in [0.29, 0.717) is 11.1 Å². The van der Waals surface area contributed by atoms with E-state index < -0.39 is 0 Å². The lowest BCUT2D eigenvalue weighted by molar-refractivity contribution is -0.135. The maximum Gasteiger partial charge on any atom is 0.261 e. The summed E-state index contributed by atoms with van der Waals surface area (Å²) in [6.07, 6.45) is 1.43. The molecule has 1 rings (SSSR count). The summed E-state index contributed by atoms with van der Waals surface area (Å²) < 4.78 is 0. The van der Waals surface area contributed by atoms with Crippen molar-refractivity contribution in [3.8, 4) is 0 Å². The molecule has 0 fully saturated rings. The Kier molecular flexibility index (Phi) is 1.98. The van der Waals surface area contributed by atoms with Crippen LogP contribution in [0.2, 0.25) is 0 Å². The van der Waals surface area contributed by atoms with Crippen molar-refractivity contribution in [2.45, 2.75) is 6.92 Å². The van der Waals surface area contributed by atoms with Crippen LogP contribution in [-0.4, -0.2) is 23.8 Å². The Bertz CT molecular complexity index is 332. The van der Waals surface area contributed by atoms with Crippen LogP contribution in [0, 0.1) is 0 Å². The van der Waals surface area contributed by atoms with E-state index >= 15 is 0 Å². The summed E-state index contributed by atoms with van der Waals surface area (Å²) in [5.74, 6) is -0.532. The minimum atomic E-state index is -0.284. The molecule has 1 heterocycles. The second-order valence-corrected chi connectivity index (χ2v) is 2.56. The molecule has 3 heteroatoms. The summed E-state index contributed by atoms with van der Waals surface area (Å²) in [5.41, 5.74) is 3.32. The zero-order valence-electron chi connectivity index (χ0n) is 7.05. The van der Waals surface area contributed by atoms with E-state index in [1.807, 2.05) is 0 Å². The fourth-order valence-electron chi connectivity index (χ4n) is 1.07. The number of nitrogens with zero attached hydrogens (tertiary/aromatic N) is 1. The van der Waals surface area contributed by atoms with Crippen molar-refractivity contribution < 1.29 is 9.59 Å². The van der Waals surface area contributed by atoms with Crippen molar-refractivity contribution in [1.29, 1.82) is 0 Å². The van der Waals surface area contributed by atoms with E-state index in [1.54, 1.807) is 6.92 Å². The third kappa shape index (κ3) is 1.00. The summed E-state index contributed by atoms with van der Waals surface area (Å²) in [4.78, 5) is 23.5. The van der Waals surface area contributed by atoms with Crippen molar-refractivity contribution in [3.63, 3.8) is 0 Å². The van der Waals surface area contributed by atoms with Gasteiger partial charge in [-0.25, -0.2) is 0 Å². The van der Waals surface area contributed by atoms with Crippen LogP contribution in [0.25, 0.3) is 0 Å². The summed E-state index contributed by atoms with van der Waals surface area (Å²) in [7, 11) is 1.46. The SMILES string of the molecule is C=C=CC1=C(C)C(=O)N(C)C1=O. The fraction of sp³-hybridized carbons (Fsp3) is 0.222. The van der Waals surface area contributed by atoms with Crippen LogP contribution < -0.4 is 0 Å². The molecule has 0 aromatic rings. The molecule has 0 saturated heterocycles. The van der Waals surface area contributed by atoms with Gasteiger partial charge < -0.3 is 0 Å². The summed E-state index contributed by atoms with van der Waals surface area (Å²) in [6, 6.07) is 0. The van der Waals surface area contributed by atoms with Crippen LogP contribution in [0.15, 0.2) is 29.5 Å². The maximum atomic E-state index is 11.3. The number of likely N-dealkylation sites (N-methyl/N-ethyl adjacent to an activating group) is 1. The first-order chi connectivity index (χ1) is 5.59. The molecule has 1 aliphatic rings. The van der Waals surface area contributed by atoms with Crippen LogP contribution in [0.5, 0.6) is 0 Å². The lowest BCUT2D eigenvalue weighted by Gasteiger charge is -2.04. The Morgan fingerprint density at radius 1 is 1.42 bits per heavy atom. The summed E-state index contributed by atoms with van der Waals surface area (Å²) >= 11 is 0. The normalized spacial score (nSPS) is 17.0. The first kappa shape index (κ1) is 8.50. The molecule has 0 atom stereocenters. The minimum absolute atomic E-state index is 0.249. The average molecular weight is 163 g/mol. The molecule has 0 N–H and O–H groups in total. The second kappa shape index (κ2) is 2.80. The minimum Gasteiger partial charge on any atom is -0.278 e. The average Bonchev–Trinajstić information content (AvgIpc) is 2.23. The molecule has 0 aromatic carbocycles. The van der Waals surface area contributed by atoms with Crippen molar-refractivity contribution >= 4 is 11.8 Å². The fourth-order valence-corrected chi connectivity index (χ4v) is 1.07. The highest BCUT2D eigenvalue weighted by Gasteiger charge is 2.31. The molecular formula is C9H9NO2. The zero-order valence-corrected chi connectivity index (χ0v) is 7.05. The quantitative estimate of drug-likeness (QED) is 0.420. The number of carbonyl (C=O) groups is 2. The number of imide groups is 1. The molecule has 0 saturated carbocycles. The van der Waals surface area contributed by atoms with Crippen molar-refractivity contribution in [3.05, 3.63) is 29.5 Å². The smallest absolute Gasteiger partial charge is 0.261 e. The van der Waals surface area contributed by atoms with Crippen LogP contribution >= 0.6 is 0 Å². The first-order valence-electron chi connectivity index (χ1n) is 3.48. The number of amides is 2. The van der Waals surface area contributed by atoms with E-state index in [9.17, 15) is 9.59 Å². The van der Waals surface area contributed by atoms with Gasteiger partial charge in [0.15, 0.2) is 0 Å². The largest absolute Gasteiger partial charge is 0.278 e. The molecule has 0 aromatic heterocycles. The predicted octanol–water partition coefficient (Wildman–Crippen LogP) is 0.643. The van der Waals surface area contributed by atoms with Crippen molar-refractivity contribution in [1.82, 2.24) is 4.90 Å². The van der Waals surface area contributed by atoms with Gasteiger partial charge in [-0.05, 0) is 13.0 Å². The van der Waals surface area contributed by atoms with Crippen LogP contribution in [0.4, 0.5) is 0 Å². The highest BCUT2D eigenvalue weighted by atomic mass is 16.2. The highest BCUT2D eigenvalue weighted by molar-refractivity contribution is 6.20. The molecule has 0 radical (unpaired) electrons. The van der Waals surface area contributed by atoms with Crippen molar-refractivity contribution in [2.24, 2.45) is 0 Å². The maximum absolute atomic E-state index is 11.3. The van der Waals surface area contributed by atoms with Gasteiger partial charge in [-0.2, -0.15) is 0 Å². The second-order valence-electron chi connectivity index (χ2n) is 2.56. The number of hydrogen-bond donors (Lipinski definition) is 0. The molecule has 2 amide bonds. The topological polar surface area (TPSA) is 37.4 Å². The predicted molar refractivity (Wildman–Crippen MR) is 44.2 cm³/mol. The van der Waals surface area contributed by atoms with Crippen LogP contribution in [-0.2, 0) is 9.59 Å². The third-order valence-electron chi connectivity index (χ3n) is 1.81. The lowest BCUT2D eigenvalue weighted by Crippen LogP contribution is -2.26. The molecule has 62 valence electrons. The first-order valence-corrected chi connectivity index (χ1v) is 3.48. The Morgan fingerprint density at radius 3 is 2.33 bits per heavy atom. The highest BCUT2D eigenvalue weighted by Crippen LogP contribution is 2.18. The van der Waals surface area contributed by atoms with Gasteiger partial charge in [-0.3, -0.25) is 14.5 Å². The molecular weight excluding hydrogens is 154 g/mol. The van der Waals surface area contributed by atoms with Gasteiger partial charge >= 0.3 is 0 Å². The summed E-state index contributed by atoms with van der Waals surface area (Å²) in [6.45, 7) is 4.96. The monoisotopic (exact) mass is 163 g/mol. The van der Waals surface area contributed by atoms with Crippen LogP contribution in [0.1, 0.15) is 6.92 Å². The lowest BCUT2D eigenvalue weighted by atomic mass is 10.1. The van der Waals surface area contributed by atoms with E-state index in [0.717, 1.165) is 4.90 Å². The molecule has 0 bridgehead atoms. The van der Waals surface area contributed by atoms with Gasteiger partial charge in [0.05, 0.1) is 5.57 Å². The molecule has 0 spiro atoms. The van der Waals surface area contributed by atoms with Gasteiger partial charge in [-0.15, -0.1) is 5.73 Å². The standard InChI is InChI=1S/C9H9NO2/c1-4-5-7-6(2)8(11)10(3)9(7)12/h5H,1H2,2-3H3. The molecule has 12 heavy (non-hydrogen) atoms. The molecule has 3 nitrogen and oxygen atoms in total. The van der Waals surface area contributed by atoms with Gasteiger partial charge in [0.1, 0.15) is 0 Å². The zero-order chi connectivity index (χ0) is 9.30. The molecule has 1 aliphatic heterocycles. The molecule has 0 unspecified atom stereocenters. The molecule has 0 aliphatic carbocycles. The number of rotatable bonds is 1. The van der Waals surface area contributed by atoms with E-state index in [1.165, 1.54) is 13.1 Å².